The van der Waals surface area contributed by atoms with Crippen molar-refractivity contribution in [3.63, 3.8) is 0 Å². The molecule has 0 spiro atoms. The number of hydrogen-bond donors (Lipinski definition) is 0. The van der Waals surface area contributed by atoms with Gasteiger partial charge in [0.2, 0.25) is 11.3 Å². The van der Waals surface area contributed by atoms with Crippen molar-refractivity contribution >= 4 is 39.1 Å². The quantitative estimate of drug-likeness (QED) is 0.655. The summed E-state index contributed by atoms with van der Waals surface area (Å²) < 4.78 is 17.6. The van der Waals surface area contributed by atoms with E-state index in [0.29, 0.717) is 5.01 Å². The zero-order chi connectivity index (χ0) is 15.7. The van der Waals surface area contributed by atoms with Crippen LogP contribution in [-0.4, -0.2) is 14.1 Å². The number of halogens is 1. The van der Waals surface area contributed by atoms with Crippen LogP contribution in [0.3, 0.4) is 0 Å². The van der Waals surface area contributed by atoms with Crippen LogP contribution in [0.15, 0.2) is 48.5 Å². The van der Waals surface area contributed by atoms with Crippen molar-refractivity contribution in [3.05, 3.63) is 59.1 Å². The minimum Gasteiger partial charge on any atom is -0.378 e. The molecule has 0 aliphatic rings. The van der Waals surface area contributed by atoms with E-state index >= 15 is 0 Å². The zero-order valence-corrected chi connectivity index (χ0v) is 13.7. The van der Waals surface area contributed by atoms with Gasteiger partial charge in [-0.05, 0) is 29.8 Å². The molecule has 2 aromatic carbocycles. The van der Waals surface area contributed by atoms with Gasteiger partial charge in [-0.15, -0.1) is 0 Å². The first-order valence-corrected chi connectivity index (χ1v) is 7.90. The smallest absolute Gasteiger partial charge is 0.298 e. The summed E-state index contributed by atoms with van der Waals surface area (Å²) in [7, 11) is 5.88. The van der Waals surface area contributed by atoms with Crippen LogP contribution in [0.4, 0.5) is 10.1 Å². The summed E-state index contributed by atoms with van der Waals surface area (Å²) in [6.07, 6.45) is 1.59. The van der Waals surface area contributed by atoms with Crippen molar-refractivity contribution < 1.29 is 8.96 Å². The first-order chi connectivity index (χ1) is 10.6. The van der Waals surface area contributed by atoms with Gasteiger partial charge in [0.15, 0.2) is 0 Å². The highest BCUT2D eigenvalue weighted by atomic mass is 32.1. The summed E-state index contributed by atoms with van der Waals surface area (Å²) in [5, 5.41) is 0.637. The Bertz CT molecular complexity index is 832. The summed E-state index contributed by atoms with van der Waals surface area (Å²) in [6.45, 7) is 0. The minimum absolute atomic E-state index is 0.207. The summed E-state index contributed by atoms with van der Waals surface area (Å²) in [5.41, 5.74) is 3.01. The fourth-order valence-corrected chi connectivity index (χ4v) is 3.44. The van der Waals surface area contributed by atoms with Gasteiger partial charge in [0.1, 0.15) is 11.7 Å². The Kier molecular flexibility index (Phi) is 3.94. The number of thiazole rings is 1. The van der Waals surface area contributed by atoms with Gasteiger partial charge in [-0.2, -0.15) is 8.96 Å². The maximum absolute atomic E-state index is 14.6. The lowest BCUT2D eigenvalue weighted by Gasteiger charge is -2.11. The van der Waals surface area contributed by atoms with E-state index in [0.717, 1.165) is 21.5 Å². The van der Waals surface area contributed by atoms with Crippen LogP contribution in [0, 0.1) is 0 Å². The van der Waals surface area contributed by atoms with Crippen LogP contribution in [0.2, 0.25) is 0 Å². The van der Waals surface area contributed by atoms with Crippen LogP contribution in [-0.2, 0) is 7.05 Å². The molecule has 3 aromatic rings. The molecule has 0 fully saturated rings. The van der Waals surface area contributed by atoms with Crippen LogP contribution < -0.4 is 9.47 Å². The van der Waals surface area contributed by atoms with E-state index in [1.54, 1.807) is 6.08 Å². The minimum atomic E-state index is -0.207. The second kappa shape index (κ2) is 5.89. The third kappa shape index (κ3) is 2.74. The predicted octanol–water partition coefficient (Wildman–Crippen LogP) is 4.26. The molecule has 0 saturated carbocycles. The van der Waals surface area contributed by atoms with Gasteiger partial charge in [0.25, 0.3) is 5.01 Å². The molecule has 4 heteroatoms. The average Bonchev–Trinajstić information content (AvgIpc) is 2.85. The number of anilines is 1. The SMILES string of the molecule is CN(C)c1ccc(/C=C(\F)c2sc3ccccc3[n+]2C)cc1. The van der Waals surface area contributed by atoms with Crippen LogP contribution >= 0.6 is 11.3 Å². The predicted molar refractivity (Wildman–Crippen MR) is 92.7 cm³/mol. The maximum atomic E-state index is 14.6. The molecule has 22 heavy (non-hydrogen) atoms. The molecule has 0 aliphatic heterocycles. The first-order valence-electron chi connectivity index (χ1n) is 7.09. The zero-order valence-electron chi connectivity index (χ0n) is 12.9. The molecule has 1 heterocycles. The van der Waals surface area contributed by atoms with Gasteiger partial charge >= 0.3 is 0 Å². The van der Waals surface area contributed by atoms with Gasteiger partial charge in [-0.1, -0.05) is 35.6 Å². The molecule has 3 rings (SSSR count). The molecular formula is C18H18FN2S+. The van der Waals surface area contributed by atoms with Gasteiger partial charge in [-0.25, -0.2) is 0 Å². The molecule has 0 radical (unpaired) electrons. The average molecular weight is 313 g/mol. The van der Waals surface area contributed by atoms with Crippen molar-refractivity contribution in [3.8, 4) is 0 Å². The highest BCUT2D eigenvalue weighted by Crippen LogP contribution is 2.27. The Morgan fingerprint density at radius 3 is 2.41 bits per heavy atom. The number of fused-ring (bicyclic) bond motifs is 1. The van der Waals surface area contributed by atoms with Gasteiger partial charge in [-0.3, -0.25) is 0 Å². The lowest BCUT2D eigenvalue weighted by Crippen LogP contribution is -2.29. The number of benzene rings is 2. The summed E-state index contributed by atoms with van der Waals surface area (Å²) in [5.74, 6) is -0.207. The Hall–Kier alpha value is -2.20. The Morgan fingerprint density at radius 1 is 1.09 bits per heavy atom. The second-order valence-electron chi connectivity index (χ2n) is 5.41. The van der Waals surface area contributed by atoms with Crippen molar-refractivity contribution in [2.24, 2.45) is 7.05 Å². The lowest BCUT2D eigenvalue weighted by molar-refractivity contribution is -0.643. The molecule has 0 aliphatic carbocycles. The van der Waals surface area contributed by atoms with E-state index in [-0.39, 0.29) is 5.83 Å². The molecule has 0 saturated heterocycles. The summed E-state index contributed by atoms with van der Waals surface area (Å²) in [6, 6.07) is 15.8. The third-order valence-electron chi connectivity index (χ3n) is 3.65. The molecule has 0 amide bonds. The van der Waals surface area contributed by atoms with Crippen molar-refractivity contribution in [1.82, 2.24) is 0 Å². The molecular weight excluding hydrogens is 295 g/mol. The molecule has 0 atom stereocenters. The monoisotopic (exact) mass is 313 g/mol. The molecule has 0 unspecified atom stereocenters. The second-order valence-corrected chi connectivity index (χ2v) is 6.44. The number of para-hydroxylation sites is 1. The highest BCUT2D eigenvalue weighted by molar-refractivity contribution is 7.19. The van der Waals surface area contributed by atoms with Crippen LogP contribution in [0.25, 0.3) is 22.1 Å². The topological polar surface area (TPSA) is 7.12 Å². The van der Waals surface area contributed by atoms with E-state index in [1.807, 2.05) is 79.1 Å². The largest absolute Gasteiger partial charge is 0.378 e. The van der Waals surface area contributed by atoms with E-state index in [2.05, 4.69) is 0 Å². The molecule has 1 aromatic heterocycles. The van der Waals surface area contributed by atoms with E-state index in [4.69, 9.17) is 0 Å². The Morgan fingerprint density at radius 2 is 1.77 bits per heavy atom. The van der Waals surface area contributed by atoms with Gasteiger partial charge in [0.05, 0.1) is 0 Å². The number of aromatic nitrogens is 1. The normalized spacial score (nSPS) is 11.9. The van der Waals surface area contributed by atoms with Crippen molar-refractivity contribution in [2.75, 3.05) is 19.0 Å². The highest BCUT2D eigenvalue weighted by Gasteiger charge is 2.20. The number of nitrogens with zero attached hydrogens (tertiary/aromatic N) is 2. The molecule has 0 bridgehead atoms. The maximum Gasteiger partial charge on any atom is 0.298 e. The van der Waals surface area contributed by atoms with Crippen molar-refractivity contribution in [2.45, 2.75) is 0 Å². The lowest BCUT2D eigenvalue weighted by atomic mass is 10.2. The number of hydrogen-bond acceptors (Lipinski definition) is 2. The standard InChI is InChI=1S/C18H18FN2S/c1-20(2)14-10-8-13(9-11-14)12-15(19)18-21(3)16-6-4-5-7-17(16)22-18/h4-12H,1-3H3/q+1. The number of rotatable bonds is 3. The van der Waals surface area contributed by atoms with Gasteiger partial charge in [0, 0.05) is 25.8 Å². The van der Waals surface area contributed by atoms with Crippen LogP contribution in [0.1, 0.15) is 10.6 Å². The Balaban J connectivity index is 1.97. The molecule has 0 N–H and O–H groups in total. The van der Waals surface area contributed by atoms with Crippen molar-refractivity contribution in [1.29, 1.82) is 0 Å². The first kappa shape index (κ1) is 14.7. The fraction of sp³-hybridized carbons (Fsp3) is 0.167. The fourth-order valence-electron chi connectivity index (χ4n) is 2.39. The third-order valence-corrected chi connectivity index (χ3v) is 4.87. The van der Waals surface area contributed by atoms with E-state index in [9.17, 15) is 4.39 Å². The Labute approximate surface area is 133 Å². The molecule has 112 valence electrons. The van der Waals surface area contributed by atoms with Crippen LogP contribution in [0.5, 0.6) is 0 Å². The van der Waals surface area contributed by atoms with Gasteiger partial charge < -0.3 is 4.90 Å². The summed E-state index contributed by atoms with van der Waals surface area (Å²) >= 11 is 1.47. The summed E-state index contributed by atoms with van der Waals surface area (Å²) in [4.78, 5) is 2.02. The number of aryl methyl sites for hydroxylation is 1. The van der Waals surface area contributed by atoms with E-state index < -0.39 is 0 Å². The van der Waals surface area contributed by atoms with E-state index in [1.165, 1.54) is 11.3 Å². The molecule has 2 nitrogen and oxygen atoms in total.